The van der Waals surface area contributed by atoms with Crippen LogP contribution in [0.2, 0.25) is 0 Å². The maximum absolute atomic E-state index is 14.0. The standard InChI is InChI=1S/C17H25Cl3NO7PS2/c1-11(2)27-29(24,28-12(3)4)17(16(18,19)20,30-10-15(22)23)21-31(25,26)14-8-6-13(5)7-9-14/h6-9,11-12,21H,10H2,1-5H3,(H,22,23). The molecule has 0 radical (unpaired) electrons. The summed E-state index contributed by atoms with van der Waals surface area (Å²) in [5.41, 5.74) is 0.795. The molecule has 1 atom stereocenters. The molecule has 0 bridgehead atoms. The predicted octanol–water partition coefficient (Wildman–Crippen LogP) is 5.16. The van der Waals surface area contributed by atoms with Crippen LogP contribution >= 0.6 is 54.2 Å². The maximum atomic E-state index is 14.0. The second-order valence-electron chi connectivity index (χ2n) is 7.05. The van der Waals surface area contributed by atoms with E-state index >= 15 is 0 Å². The summed E-state index contributed by atoms with van der Waals surface area (Å²) in [6.07, 6.45) is -1.49. The van der Waals surface area contributed by atoms with Gasteiger partial charge in [0.2, 0.25) is 18.4 Å². The van der Waals surface area contributed by atoms with Gasteiger partial charge in [0.05, 0.1) is 22.9 Å². The molecule has 0 saturated carbocycles. The first-order chi connectivity index (χ1) is 14.0. The Labute approximate surface area is 201 Å². The van der Waals surface area contributed by atoms with E-state index in [0.717, 1.165) is 5.56 Å². The molecule has 8 nitrogen and oxygen atoms in total. The summed E-state index contributed by atoms with van der Waals surface area (Å²) in [4.78, 5) is 11.1. The Morgan fingerprint density at radius 2 is 1.58 bits per heavy atom. The van der Waals surface area contributed by atoms with Gasteiger partial charge in [-0.2, -0.15) is 4.72 Å². The van der Waals surface area contributed by atoms with Crippen molar-refractivity contribution in [3.8, 4) is 0 Å². The minimum absolute atomic E-state index is 0.215. The molecule has 0 amide bonds. The third kappa shape index (κ3) is 7.48. The molecule has 0 aliphatic rings. The molecule has 2 N–H and O–H groups in total. The van der Waals surface area contributed by atoms with Crippen LogP contribution in [0, 0.1) is 6.92 Å². The van der Waals surface area contributed by atoms with Gasteiger partial charge in [-0.15, -0.1) is 11.8 Å². The molecule has 1 aromatic carbocycles. The van der Waals surface area contributed by atoms with Crippen LogP contribution in [0.15, 0.2) is 29.2 Å². The molecule has 0 heterocycles. The number of rotatable bonds is 11. The number of alkyl halides is 3. The second kappa shape index (κ2) is 10.9. The van der Waals surface area contributed by atoms with Crippen molar-refractivity contribution in [3.63, 3.8) is 0 Å². The highest BCUT2D eigenvalue weighted by Crippen LogP contribution is 2.71. The number of carboxylic acids is 1. The van der Waals surface area contributed by atoms with Crippen molar-refractivity contribution in [2.24, 2.45) is 0 Å². The highest BCUT2D eigenvalue weighted by Gasteiger charge is 2.66. The lowest BCUT2D eigenvalue weighted by Gasteiger charge is -2.43. The minimum atomic E-state index is -4.66. The van der Waals surface area contributed by atoms with Crippen molar-refractivity contribution in [1.82, 2.24) is 4.72 Å². The lowest BCUT2D eigenvalue weighted by atomic mass is 10.2. The molecule has 14 heteroatoms. The zero-order chi connectivity index (χ0) is 24.3. The van der Waals surface area contributed by atoms with E-state index in [0.29, 0.717) is 11.8 Å². The molecule has 0 saturated heterocycles. The zero-order valence-corrected chi connectivity index (χ0v) is 22.3. The van der Waals surface area contributed by atoms with Crippen LogP contribution in [0.4, 0.5) is 0 Å². The van der Waals surface area contributed by atoms with Crippen molar-refractivity contribution in [2.45, 2.75) is 60.1 Å². The highest BCUT2D eigenvalue weighted by molar-refractivity contribution is 8.08. The molecule has 1 rings (SSSR count). The van der Waals surface area contributed by atoms with Crippen LogP contribution in [0.25, 0.3) is 0 Å². The predicted molar refractivity (Wildman–Crippen MR) is 125 cm³/mol. The van der Waals surface area contributed by atoms with Crippen LogP contribution in [0.3, 0.4) is 0 Å². The molecule has 0 aromatic heterocycles. The fourth-order valence-electron chi connectivity index (χ4n) is 2.31. The highest BCUT2D eigenvalue weighted by atomic mass is 35.6. The van der Waals surface area contributed by atoms with Gasteiger partial charge in [0, 0.05) is 0 Å². The Kier molecular flexibility index (Phi) is 10.2. The average molecular weight is 557 g/mol. The summed E-state index contributed by atoms with van der Waals surface area (Å²) in [6.45, 7) is 7.86. The zero-order valence-electron chi connectivity index (χ0n) is 17.5. The number of aryl methyl sites for hydroxylation is 1. The summed E-state index contributed by atoms with van der Waals surface area (Å²) < 4.78 is 48.3. The largest absolute Gasteiger partial charge is 0.481 e. The number of benzene rings is 1. The van der Waals surface area contributed by atoms with Crippen LogP contribution in [0.5, 0.6) is 0 Å². The van der Waals surface area contributed by atoms with E-state index in [1.165, 1.54) is 39.8 Å². The fourth-order valence-corrected chi connectivity index (χ4v) is 9.89. The number of hydrogen-bond donors (Lipinski definition) is 2. The Hall–Kier alpha value is -0.0300. The third-order valence-corrected chi connectivity index (χ3v) is 11.7. The SMILES string of the molecule is Cc1ccc(S(=O)(=O)NC(SCC(=O)O)(C(Cl)(Cl)Cl)P(=O)(OC(C)C)OC(C)C)cc1. The molecule has 0 aliphatic carbocycles. The number of halogens is 3. The number of thioether (sulfide) groups is 1. The topological polar surface area (TPSA) is 119 Å². The van der Waals surface area contributed by atoms with E-state index in [1.807, 2.05) is 0 Å². The lowest BCUT2D eigenvalue weighted by molar-refractivity contribution is -0.133. The summed E-state index contributed by atoms with van der Waals surface area (Å²) in [6, 6.07) is 5.70. The molecule has 178 valence electrons. The summed E-state index contributed by atoms with van der Waals surface area (Å²) >= 11 is 18.8. The van der Waals surface area contributed by atoms with Crippen molar-refractivity contribution >= 4 is 70.2 Å². The van der Waals surface area contributed by atoms with Crippen LogP contribution in [-0.2, 0) is 28.4 Å². The van der Waals surface area contributed by atoms with E-state index in [9.17, 15) is 22.9 Å². The van der Waals surface area contributed by atoms with Gasteiger partial charge in [0.25, 0.3) is 0 Å². The van der Waals surface area contributed by atoms with Crippen LogP contribution in [-0.4, -0.2) is 45.9 Å². The number of aliphatic carboxylic acids is 1. The van der Waals surface area contributed by atoms with Gasteiger partial charge < -0.3 is 14.2 Å². The fraction of sp³-hybridized carbons (Fsp3) is 0.588. The van der Waals surface area contributed by atoms with Crippen molar-refractivity contribution in [1.29, 1.82) is 0 Å². The van der Waals surface area contributed by atoms with Gasteiger partial charge in [-0.1, -0.05) is 52.5 Å². The summed E-state index contributed by atoms with van der Waals surface area (Å²) in [7, 11) is -9.13. The smallest absolute Gasteiger partial charge is 0.366 e. The minimum Gasteiger partial charge on any atom is -0.481 e. The van der Waals surface area contributed by atoms with Gasteiger partial charge in [-0.3, -0.25) is 9.36 Å². The lowest BCUT2D eigenvalue weighted by Crippen LogP contribution is -2.56. The number of carboxylic acid groups (broad SMARTS) is 1. The van der Waals surface area contributed by atoms with Crippen molar-refractivity contribution in [3.05, 3.63) is 29.8 Å². The van der Waals surface area contributed by atoms with Gasteiger partial charge in [0.1, 0.15) is 0 Å². The molecule has 31 heavy (non-hydrogen) atoms. The summed E-state index contributed by atoms with van der Waals surface area (Å²) in [5.74, 6) is -2.13. The van der Waals surface area contributed by atoms with E-state index in [-0.39, 0.29) is 4.90 Å². The monoisotopic (exact) mass is 555 g/mol. The first-order valence-corrected chi connectivity index (χ1v) is 14.1. The number of nitrogens with one attached hydrogen (secondary N) is 1. The number of hydrogen-bond acceptors (Lipinski definition) is 7. The Bertz CT molecular complexity index is 907. The Morgan fingerprint density at radius 3 is 1.94 bits per heavy atom. The maximum Gasteiger partial charge on any atom is 0.366 e. The van der Waals surface area contributed by atoms with E-state index in [1.54, 1.807) is 19.1 Å². The molecular formula is C17H25Cl3NO7PS2. The van der Waals surface area contributed by atoms with Gasteiger partial charge in [-0.25, -0.2) is 8.42 Å². The Balaban J connectivity index is 3.79. The van der Waals surface area contributed by atoms with Gasteiger partial charge in [0.15, 0.2) is 0 Å². The molecule has 1 aromatic rings. The quantitative estimate of drug-likeness (QED) is 0.218. The van der Waals surface area contributed by atoms with Gasteiger partial charge >= 0.3 is 13.6 Å². The Morgan fingerprint density at radius 1 is 1.13 bits per heavy atom. The first-order valence-electron chi connectivity index (χ1n) is 8.96. The normalized spacial score (nSPS) is 15.3. The molecule has 1 unspecified atom stereocenters. The van der Waals surface area contributed by atoms with E-state index < -0.39 is 50.0 Å². The van der Waals surface area contributed by atoms with Crippen LogP contribution < -0.4 is 4.72 Å². The van der Waals surface area contributed by atoms with Crippen LogP contribution in [0.1, 0.15) is 33.3 Å². The molecule has 0 aliphatic heterocycles. The van der Waals surface area contributed by atoms with Crippen molar-refractivity contribution in [2.75, 3.05) is 5.75 Å². The summed E-state index contributed by atoms with van der Waals surface area (Å²) in [5, 5.41) is 9.22. The first kappa shape index (κ1) is 29.0. The van der Waals surface area contributed by atoms with E-state index in [2.05, 4.69) is 4.72 Å². The van der Waals surface area contributed by atoms with Gasteiger partial charge in [-0.05, 0) is 46.8 Å². The number of sulfonamides is 1. The molecule has 0 fully saturated rings. The van der Waals surface area contributed by atoms with E-state index in [4.69, 9.17) is 43.9 Å². The number of carbonyl (C=O) groups is 1. The van der Waals surface area contributed by atoms with Crippen molar-refractivity contribution < 1.29 is 31.9 Å². The second-order valence-corrected chi connectivity index (χ2v) is 14.6. The molecular weight excluding hydrogens is 532 g/mol. The third-order valence-electron chi connectivity index (χ3n) is 3.48. The average Bonchev–Trinajstić information content (AvgIpc) is 2.56. The molecule has 0 spiro atoms.